The topological polar surface area (TPSA) is 84.5 Å². The molecule has 0 saturated carbocycles. The van der Waals surface area contributed by atoms with E-state index in [1.165, 1.54) is 30.2 Å². The van der Waals surface area contributed by atoms with Gasteiger partial charge in [-0.15, -0.1) is 11.8 Å². The number of ether oxygens (including phenoxy) is 1. The Morgan fingerprint density at radius 3 is 2.74 bits per heavy atom. The van der Waals surface area contributed by atoms with Crippen LogP contribution in [0.1, 0.15) is 37.7 Å². The first-order valence-corrected chi connectivity index (χ1v) is 10.1. The van der Waals surface area contributed by atoms with Gasteiger partial charge < -0.3 is 10.1 Å². The third-order valence-electron chi connectivity index (χ3n) is 4.17. The van der Waals surface area contributed by atoms with Gasteiger partial charge in [0.2, 0.25) is 0 Å². The molecule has 0 spiro atoms. The number of imide groups is 1. The van der Waals surface area contributed by atoms with Crippen molar-refractivity contribution in [3.63, 3.8) is 0 Å². The maximum atomic E-state index is 11.7. The van der Waals surface area contributed by atoms with Crippen molar-refractivity contribution >= 4 is 29.7 Å². The number of urea groups is 1. The summed E-state index contributed by atoms with van der Waals surface area (Å²) >= 11 is 1.35. The molecule has 0 bridgehead atoms. The highest BCUT2D eigenvalue weighted by Crippen LogP contribution is 2.21. The second-order valence-corrected chi connectivity index (χ2v) is 7.39. The molecule has 2 rings (SSSR count). The smallest absolute Gasteiger partial charge is 0.321 e. The van der Waals surface area contributed by atoms with Gasteiger partial charge in [0.1, 0.15) is 0 Å². The number of rotatable bonds is 8. The molecule has 1 aliphatic rings. The molecule has 3 amide bonds. The molecule has 1 aliphatic carbocycles. The Bertz CT molecular complexity index is 703. The summed E-state index contributed by atoms with van der Waals surface area (Å²) in [6.45, 7) is 1.98. The fourth-order valence-corrected chi connectivity index (χ4v) is 3.55. The van der Waals surface area contributed by atoms with Crippen molar-refractivity contribution in [1.82, 2.24) is 10.6 Å². The summed E-state index contributed by atoms with van der Waals surface area (Å²) in [5.74, 6) is -1.03. The fourth-order valence-electron chi connectivity index (χ4n) is 2.72. The van der Waals surface area contributed by atoms with Gasteiger partial charge in [-0.2, -0.15) is 0 Å². The van der Waals surface area contributed by atoms with Crippen molar-refractivity contribution < 1.29 is 19.1 Å². The molecule has 0 aliphatic heterocycles. The minimum Gasteiger partial charge on any atom is -0.455 e. The molecule has 0 heterocycles. The SMILES string of the molecule is Cc1ccccc1SCC(=O)OCC(=O)NC(=O)NCCC1=CCCCC1. The van der Waals surface area contributed by atoms with Gasteiger partial charge >= 0.3 is 12.0 Å². The normalized spacial score (nSPS) is 13.4. The van der Waals surface area contributed by atoms with E-state index in [-0.39, 0.29) is 5.75 Å². The second-order valence-electron chi connectivity index (χ2n) is 6.38. The lowest BCUT2D eigenvalue weighted by molar-refractivity contribution is -0.145. The van der Waals surface area contributed by atoms with Crippen LogP contribution in [-0.4, -0.2) is 36.8 Å². The van der Waals surface area contributed by atoms with Crippen molar-refractivity contribution in [1.29, 1.82) is 0 Å². The minimum atomic E-state index is -0.640. The molecule has 0 unspecified atom stereocenters. The lowest BCUT2D eigenvalue weighted by Crippen LogP contribution is -2.41. The quantitative estimate of drug-likeness (QED) is 0.404. The van der Waals surface area contributed by atoms with Crippen molar-refractivity contribution in [2.45, 2.75) is 43.9 Å². The number of esters is 1. The van der Waals surface area contributed by atoms with Crippen molar-refractivity contribution in [3.8, 4) is 0 Å². The summed E-state index contributed by atoms with van der Waals surface area (Å²) in [5.41, 5.74) is 2.43. The Kier molecular flexibility index (Phi) is 8.91. The van der Waals surface area contributed by atoms with E-state index in [9.17, 15) is 14.4 Å². The molecule has 1 aromatic rings. The van der Waals surface area contributed by atoms with Gasteiger partial charge in [0, 0.05) is 11.4 Å². The summed E-state index contributed by atoms with van der Waals surface area (Å²) in [5, 5.41) is 4.81. The van der Waals surface area contributed by atoms with Gasteiger partial charge in [0.05, 0.1) is 5.75 Å². The third kappa shape index (κ3) is 8.30. The molecule has 1 aromatic carbocycles. The predicted octanol–water partition coefficient (Wildman–Crippen LogP) is 3.35. The maximum absolute atomic E-state index is 11.7. The minimum absolute atomic E-state index is 0.111. The number of nitrogens with one attached hydrogen (secondary N) is 2. The van der Waals surface area contributed by atoms with E-state index in [0.29, 0.717) is 6.54 Å². The van der Waals surface area contributed by atoms with E-state index in [1.807, 2.05) is 31.2 Å². The number of benzene rings is 1. The Morgan fingerprint density at radius 2 is 2.00 bits per heavy atom. The van der Waals surface area contributed by atoms with Gasteiger partial charge in [0.25, 0.3) is 5.91 Å². The molecule has 7 heteroatoms. The lowest BCUT2D eigenvalue weighted by Gasteiger charge is -2.13. The molecular formula is C20H26N2O4S. The number of carbonyl (C=O) groups is 3. The number of allylic oxidation sites excluding steroid dienone is 1. The van der Waals surface area contributed by atoms with Crippen LogP contribution in [0, 0.1) is 6.92 Å². The molecule has 6 nitrogen and oxygen atoms in total. The zero-order valence-corrected chi connectivity index (χ0v) is 16.4. The fraction of sp³-hybridized carbons (Fsp3) is 0.450. The van der Waals surface area contributed by atoms with E-state index in [1.54, 1.807) is 0 Å². The molecule has 0 atom stereocenters. The van der Waals surface area contributed by atoms with E-state index in [4.69, 9.17) is 4.74 Å². The first kappa shape index (κ1) is 21.0. The van der Waals surface area contributed by atoms with Gasteiger partial charge in [-0.25, -0.2) is 4.79 Å². The van der Waals surface area contributed by atoms with Crippen LogP contribution >= 0.6 is 11.8 Å². The molecule has 27 heavy (non-hydrogen) atoms. The zero-order chi connectivity index (χ0) is 19.5. The number of hydrogen-bond acceptors (Lipinski definition) is 5. The van der Waals surface area contributed by atoms with Crippen LogP contribution in [-0.2, 0) is 14.3 Å². The molecule has 0 aromatic heterocycles. The average Bonchev–Trinajstić information content (AvgIpc) is 2.66. The third-order valence-corrected chi connectivity index (χ3v) is 5.32. The predicted molar refractivity (Wildman–Crippen MR) is 106 cm³/mol. The number of carbonyl (C=O) groups excluding carboxylic acids is 3. The Morgan fingerprint density at radius 1 is 1.19 bits per heavy atom. The Labute approximate surface area is 164 Å². The second kappa shape index (κ2) is 11.4. The van der Waals surface area contributed by atoms with Gasteiger partial charge in [0.15, 0.2) is 6.61 Å². The van der Waals surface area contributed by atoms with Crippen molar-refractivity contribution in [2.24, 2.45) is 0 Å². The maximum Gasteiger partial charge on any atom is 0.321 e. The van der Waals surface area contributed by atoms with Gasteiger partial charge in [-0.3, -0.25) is 14.9 Å². The van der Waals surface area contributed by atoms with Gasteiger partial charge in [-0.1, -0.05) is 29.8 Å². The van der Waals surface area contributed by atoms with Crippen LogP contribution in [0.4, 0.5) is 4.79 Å². The van der Waals surface area contributed by atoms with Crippen LogP contribution in [0.15, 0.2) is 40.8 Å². The first-order valence-electron chi connectivity index (χ1n) is 9.14. The molecular weight excluding hydrogens is 364 g/mol. The van der Waals surface area contributed by atoms with Gasteiger partial charge in [-0.05, 0) is 50.7 Å². The number of aryl methyl sites for hydroxylation is 1. The largest absolute Gasteiger partial charge is 0.455 e. The molecule has 2 N–H and O–H groups in total. The summed E-state index contributed by atoms with van der Waals surface area (Å²) in [4.78, 5) is 36.1. The highest BCUT2D eigenvalue weighted by Gasteiger charge is 2.12. The van der Waals surface area contributed by atoms with Crippen LogP contribution in [0.5, 0.6) is 0 Å². The highest BCUT2D eigenvalue weighted by atomic mass is 32.2. The number of amides is 3. The highest BCUT2D eigenvalue weighted by molar-refractivity contribution is 8.00. The van der Waals surface area contributed by atoms with Crippen LogP contribution in [0.2, 0.25) is 0 Å². The molecule has 0 radical (unpaired) electrons. The summed E-state index contributed by atoms with van der Waals surface area (Å²) < 4.78 is 4.91. The summed E-state index contributed by atoms with van der Waals surface area (Å²) in [6, 6.07) is 7.15. The van der Waals surface area contributed by atoms with Crippen LogP contribution < -0.4 is 10.6 Å². The van der Waals surface area contributed by atoms with Crippen molar-refractivity contribution in [3.05, 3.63) is 41.5 Å². The molecule has 146 valence electrons. The molecule has 0 saturated heterocycles. The first-order chi connectivity index (χ1) is 13.0. The van der Waals surface area contributed by atoms with E-state index >= 15 is 0 Å². The number of thioether (sulfide) groups is 1. The Balaban J connectivity index is 1.57. The van der Waals surface area contributed by atoms with Crippen LogP contribution in [0.25, 0.3) is 0 Å². The molecule has 0 fully saturated rings. The summed E-state index contributed by atoms with van der Waals surface area (Å²) in [6.07, 6.45) is 7.64. The average molecular weight is 391 g/mol. The van der Waals surface area contributed by atoms with E-state index in [2.05, 4.69) is 16.7 Å². The lowest BCUT2D eigenvalue weighted by atomic mass is 9.97. The Hall–Kier alpha value is -2.28. The number of hydrogen-bond donors (Lipinski definition) is 2. The van der Waals surface area contributed by atoms with Crippen molar-refractivity contribution in [2.75, 3.05) is 18.9 Å². The summed E-state index contributed by atoms with van der Waals surface area (Å²) in [7, 11) is 0. The zero-order valence-electron chi connectivity index (χ0n) is 15.6. The monoisotopic (exact) mass is 390 g/mol. The van der Waals surface area contributed by atoms with E-state index in [0.717, 1.165) is 29.7 Å². The van der Waals surface area contributed by atoms with Crippen LogP contribution in [0.3, 0.4) is 0 Å². The standard InChI is InChI=1S/C20H26N2O4S/c1-15-7-5-6-10-17(15)27-14-19(24)26-13-18(23)22-20(25)21-12-11-16-8-3-2-4-9-16/h5-8,10H,2-4,9,11-14H2,1H3,(H2,21,22,23,25). The van der Waals surface area contributed by atoms with E-state index < -0.39 is 24.5 Å².